The molecule has 4 rings (SSSR count). The van der Waals surface area contributed by atoms with E-state index in [1.54, 1.807) is 30.3 Å². The molecule has 0 fully saturated rings. The average molecular weight is 623 g/mol. The van der Waals surface area contributed by atoms with Crippen molar-refractivity contribution in [2.45, 2.75) is 24.3 Å². The maximum absolute atomic E-state index is 14.9. The van der Waals surface area contributed by atoms with Crippen molar-refractivity contribution >= 4 is 12.0 Å². The van der Waals surface area contributed by atoms with Crippen molar-refractivity contribution in [3.63, 3.8) is 0 Å². The predicted octanol–water partition coefficient (Wildman–Crippen LogP) is 7.64. The van der Waals surface area contributed by atoms with E-state index in [0.717, 1.165) is 36.4 Å². The lowest BCUT2D eigenvalue weighted by Crippen LogP contribution is -2.49. The summed E-state index contributed by atoms with van der Waals surface area (Å²) in [4.78, 5) is 25.5. The Bertz CT molecular complexity index is 1670. The molecule has 2 amide bonds. The van der Waals surface area contributed by atoms with Gasteiger partial charge in [-0.15, -0.1) is 0 Å². The minimum absolute atomic E-state index is 0.180. The molecule has 4 aromatic carbocycles. The van der Waals surface area contributed by atoms with Crippen molar-refractivity contribution < 1.29 is 49.4 Å². The third-order valence-electron chi connectivity index (χ3n) is 6.64. The third kappa shape index (κ3) is 7.16. The molecule has 0 unspecified atom stereocenters. The molecule has 0 aromatic heterocycles. The summed E-state index contributed by atoms with van der Waals surface area (Å²) in [6, 6.07) is 15.5. The number of ether oxygens (including phenoxy) is 1. The van der Waals surface area contributed by atoms with Crippen LogP contribution in [0.15, 0.2) is 91.0 Å². The summed E-state index contributed by atoms with van der Waals surface area (Å²) in [5.74, 6) is -4.28. The van der Waals surface area contributed by atoms with Crippen LogP contribution in [0.3, 0.4) is 0 Å². The maximum atomic E-state index is 14.9. The molecule has 0 spiro atoms. The normalized spacial score (nSPS) is 13.1. The van der Waals surface area contributed by atoms with Crippen LogP contribution in [0.2, 0.25) is 0 Å². The molecule has 2 N–H and O–H groups in total. The van der Waals surface area contributed by atoms with Crippen LogP contribution in [0.1, 0.15) is 38.2 Å². The second-order valence-electron chi connectivity index (χ2n) is 9.61. The van der Waals surface area contributed by atoms with E-state index < -0.39 is 76.0 Å². The van der Waals surface area contributed by atoms with E-state index in [-0.39, 0.29) is 11.6 Å². The van der Waals surface area contributed by atoms with Crippen molar-refractivity contribution in [3.8, 4) is 5.75 Å². The van der Waals surface area contributed by atoms with Gasteiger partial charge in [0.25, 0.3) is 5.91 Å². The van der Waals surface area contributed by atoms with Gasteiger partial charge in [-0.2, -0.15) is 26.3 Å². The van der Waals surface area contributed by atoms with E-state index in [1.807, 2.05) is 0 Å². The summed E-state index contributed by atoms with van der Waals surface area (Å²) in [6.07, 6.45) is -11.4. The lowest BCUT2D eigenvalue weighted by atomic mass is 9.77. The summed E-state index contributed by atoms with van der Waals surface area (Å²) in [7, 11) is 1.19. The van der Waals surface area contributed by atoms with Gasteiger partial charge in [-0.05, 0) is 65.2 Å². The Morgan fingerprint density at radius 1 is 0.705 bits per heavy atom. The van der Waals surface area contributed by atoms with Gasteiger partial charge in [-0.3, -0.25) is 4.79 Å². The van der Waals surface area contributed by atoms with Crippen LogP contribution in [0.25, 0.3) is 0 Å². The average Bonchev–Trinajstić information content (AvgIpc) is 2.97. The van der Waals surface area contributed by atoms with Gasteiger partial charge in [-0.25, -0.2) is 13.6 Å². The molecule has 1 atom stereocenters. The molecule has 5 nitrogen and oxygen atoms in total. The highest BCUT2D eigenvalue weighted by Crippen LogP contribution is 2.40. The standard InChI is InChI=1S/C31H22F8N2O3/c1-40-28(43)44-26-16-20(10-11-25(26)33)29(17-18-6-3-2-4-7-18,22-13-23(31(37,38)39)15-24(32)14-22)41-27(42)19-8-5-9-21(12-19)30(34,35)36/h2-16H,17H2,1H3,(H,40,43)(H,41,42)/t29-/m1/s1. The van der Waals surface area contributed by atoms with E-state index in [1.165, 1.54) is 7.05 Å². The van der Waals surface area contributed by atoms with Crippen LogP contribution >= 0.6 is 0 Å². The molecule has 0 aliphatic carbocycles. The van der Waals surface area contributed by atoms with Gasteiger partial charge in [-0.1, -0.05) is 42.5 Å². The molecule has 4 aromatic rings. The van der Waals surface area contributed by atoms with Gasteiger partial charge in [0, 0.05) is 19.0 Å². The molecule has 0 saturated carbocycles. The molecule has 13 heteroatoms. The summed E-state index contributed by atoms with van der Waals surface area (Å²) >= 11 is 0. The first kappa shape index (κ1) is 32.0. The van der Waals surface area contributed by atoms with Crippen LogP contribution < -0.4 is 15.4 Å². The highest BCUT2D eigenvalue weighted by Gasteiger charge is 2.41. The summed E-state index contributed by atoms with van der Waals surface area (Å²) < 4.78 is 117. The smallest absolute Gasteiger partial charge is 0.407 e. The van der Waals surface area contributed by atoms with Crippen LogP contribution in [0, 0.1) is 11.6 Å². The van der Waals surface area contributed by atoms with Crippen LogP contribution in [0.5, 0.6) is 5.75 Å². The summed E-state index contributed by atoms with van der Waals surface area (Å²) in [6.45, 7) is 0. The van der Waals surface area contributed by atoms with E-state index in [2.05, 4.69) is 10.6 Å². The number of rotatable bonds is 7. The van der Waals surface area contributed by atoms with Gasteiger partial charge in [0.15, 0.2) is 11.6 Å². The topological polar surface area (TPSA) is 67.4 Å². The molecule has 230 valence electrons. The second kappa shape index (κ2) is 12.3. The molecule has 0 radical (unpaired) electrons. The number of hydrogen-bond acceptors (Lipinski definition) is 3. The van der Waals surface area contributed by atoms with Gasteiger partial charge >= 0.3 is 18.4 Å². The number of amides is 2. The third-order valence-corrected chi connectivity index (χ3v) is 6.64. The quantitative estimate of drug-likeness (QED) is 0.208. The highest BCUT2D eigenvalue weighted by atomic mass is 19.4. The van der Waals surface area contributed by atoms with E-state index in [9.17, 15) is 44.7 Å². The van der Waals surface area contributed by atoms with Crippen LogP contribution in [-0.4, -0.2) is 19.0 Å². The Balaban J connectivity index is 2.03. The first-order valence-corrected chi connectivity index (χ1v) is 12.7. The zero-order chi connectivity index (χ0) is 32.3. The molecular formula is C31H22F8N2O3. The van der Waals surface area contributed by atoms with E-state index in [0.29, 0.717) is 23.8 Å². The Labute approximate surface area is 245 Å². The first-order valence-electron chi connectivity index (χ1n) is 12.7. The second-order valence-corrected chi connectivity index (χ2v) is 9.61. The van der Waals surface area contributed by atoms with Gasteiger partial charge in [0.1, 0.15) is 5.82 Å². The number of carbonyl (C=O) groups excluding carboxylic acids is 2. The number of carbonyl (C=O) groups is 2. The van der Waals surface area contributed by atoms with Gasteiger partial charge in [0.05, 0.1) is 16.7 Å². The fraction of sp³-hybridized carbons (Fsp3) is 0.161. The molecule has 0 aliphatic rings. The summed E-state index contributed by atoms with van der Waals surface area (Å²) in [5, 5.41) is 4.62. The molecule has 0 saturated heterocycles. The van der Waals surface area contributed by atoms with E-state index >= 15 is 0 Å². The molecule has 0 heterocycles. The minimum Gasteiger partial charge on any atom is -0.407 e. The van der Waals surface area contributed by atoms with Crippen molar-refractivity contribution in [1.82, 2.24) is 10.6 Å². The fourth-order valence-corrected chi connectivity index (χ4v) is 4.56. The number of nitrogens with one attached hydrogen (secondary N) is 2. The molecular weight excluding hydrogens is 600 g/mol. The number of hydrogen-bond donors (Lipinski definition) is 2. The Morgan fingerprint density at radius 2 is 1.36 bits per heavy atom. The zero-order valence-electron chi connectivity index (χ0n) is 22.6. The molecule has 44 heavy (non-hydrogen) atoms. The monoisotopic (exact) mass is 622 g/mol. The van der Waals surface area contributed by atoms with Crippen LogP contribution in [0.4, 0.5) is 39.9 Å². The maximum Gasteiger partial charge on any atom is 0.416 e. The minimum atomic E-state index is -5.04. The zero-order valence-corrected chi connectivity index (χ0v) is 22.6. The highest BCUT2D eigenvalue weighted by molar-refractivity contribution is 5.95. The van der Waals surface area contributed by atoms with Crippen LogP contribution in [-0.2, 0) is 24.3 Å². The molecule has 0 bridgehead atoms. The number of alkyl halides is 6. The first-order chi connectivity index (χ1) is 20.6. The SMILES string of the molecule is CNC(=O)Oc1cc([C@@](Cc2ccccc2)(NC(=O)c2cccc(C(F)(F)F)c2)c2cc(F)cc(C(F)(F)F)c2)ccc1F. The lowest BCUT2D eigenvalue weighted by molar-refractivity contribution is -0.138. The predicted molar refractivity (Wildman–Crippen MR) is 143 cm³/mol. The number of halogens is 8. The Morgan fingerprint density at radius 3 is 2.00 bits per heavy atom. The van der Waals surface area contributed by atoms with Crippen molar-refractivity contribution in [3.05, 3.63) is 136 Å². The van der Waals surface area contributed by atoms with Crippen molar-refractivity contribution in [2.75, 3.05) is 7.05 Å². The van der Waals surface area contributed by atoms with Crippen molar-refractivity contribution in [2.24, 2.45) is 0 Å². The fourth-order valence-electron chi connectivity index (χ4n) is 4.56. The van der Waals surface area contributed by atoms with Gasteiger partial charge in [0.2, 0.25) is 0 Å². The summed E-state index contributed by atoms with van der Waals surface area (Å²) in [5.41, 5.74) is -5.59. The van der Waals surface area contributed by atoms with Crippen molar-refractivity contribution in [1.29, 1.82) is 0 Å². The number of benzene rings is 4. The van der Waals surface area contributed by atoms with E-state index in [4.69, 9.17) is 4.74 Å². The Hall–Kier alpha value is -4.94. The largest absolute Gasteiger partial charge is 0.416 e. The van der Waals surface area contributed by atoms with Gasteiger partial charge < -0.3 is 15.4 Å². The molecule has 0 aliphatic heterocycles. The lowest BCUT2D eigenvalue weighted by Gasteiger charge is -2.37. The Kier molecular flexibility index (Phi) is 8.98.